The lowest BCUT2D eigenvalue weighted by Crippen LogP contribution is -2.30. The summed E-state index contributed by atoms with van der Waals surface area (Å²) in [7, 11) is 6.63. The molecule has 0 aromatic heterocycles. The molecule has 190 valence electrons. The first-order valence-corrected chi connectivity index (χ1v) is 12.2. The average molecular weight is 498 g/mol. The molecule has 36 heavy (non-hydrogen) atoms. The molecule has 5 rings (SSSR count). The number of hydrazone groups is 1. The SMILES string of the molecule is COc1cc(OC)cc(C2=NN(c3ccc(N(C)C)cc3C(F)(F)F)C(=C3CCC3)C3=C2CCC3)c1. The molecule has 2 aliphatic carbocycles. The van der Waals surface area contributed by atoms with E-state index in [1.807, 2.05) is 12.1 Å². The summed E-state index contributed by atoms with van der Waals surface area (Å²) in [6, 6.07) is 9.98. The van der Waals surface area contributed by atoms with E-state index in [1.165, 1.54) is 11.6 Å². The summed E-state index contributed by atoms with van der Waals surface area (Å²) in [6.07, 6.45) is 0.892. The van der Waals surface area contributed by atoms with Crippen LogP contribution in [0.5, 0.6) is 11.5 Å². The number of nitrogens with zero attached hydrogens (tertiary/aromatic N) is 3. The van der Waals surface area contributed by atoms with Gasteiger partial charge < -0.3 is 14.4 Å². The highest BCUT2D eigenvalue weighted by molar-refractivity contribution is 6.15. The van der Waals surface area contributed by atoms with Crippen molar-refractivity contribution in [3.05, 3.63) is 69.9 Å². The fraction of sp³-hybridized carbons (Fsp3) is 0.393. The number of methoxy groups -OCH3 is 2. The van der Waals surface area contributed by atoms with Gasteiger partial charge in [0.1, 0.15) is 11.5 Å². The summed E-state index contributed by atoms with van der Waals surface area (Å²) in [6.45, 7) is 0. The molecule has 0 bridgehead atoms. The zero-order chi connectivity index (χ0) is 25.6. The maximum Gasteiger partial charge on any atom is 0.418 e. The molecule has 0 spiro atoms. The number of halogens is 3. The van der Waals surface area contributed by atoms with Crippen LogP contribution in [0.1, 0.15) is 49.7 Å². The molecule has 1 heterocycles. The van der Waals surface area contributed by atoms with Crippen molar-refractivity contribution >= 4 is 17.1 Å². The average Bonchev–Trinajstić information content (AvgIpc) is 3.31. The minimum Gasteiger partial charge on any atom is -0.497 e. The Kier molecular flexibility index (Phi) is 6.22. The standard InChI is InChI=1S/C28H30F3N3O2/c1-33(2)19-11-12-25(24(15-19)28(29,30)31)34-27(17-7-5-8-17)23-10-6-9-22(23)26(32-34)18-13-20(35-3)16-21(14-18)36-4/h11-16H,5-10H2,1-4H3. The first kappa shape index (κ1) is 24.3. The molecule has 2 aromatic rings. The van der Waals surface area contributed by atoms with Gasteiger partial charge in [-0.1, -0.05) is 0 Å². The van der Waals surface area contributed by atoms with Crippen LogP contribution in [0, 0.1) is 0 Å². The zero-order valence-corrected chi connectivity index (χ0v) is 21.0. The van der Waals surface area contributed by atoms with E-state index in [4.69, 9.17) is 14.6 Å². The Labute approximate surface area is 209 Å². The lowest BCUT2D eigenvalue weighted by molar-refractivity contribution is -0.137. The molecule has 0 saturated heterocycles. The minimum atomic E-state index is -4.53. The fourth-order valence-electron chi connectivity index (χ4n) is 5.12. The van der Waals surface area contributed by atoms with Crippen LogP contribution in [0.25, 0.3) is 0 Å². The van der Waals surface area contributed by atoms with Gasteiger partial charge in [-0.3, -0.25) is 0 Å². The number of anilines is 2. The lowest BCUT2D eigenvalue weighted by atomic mass is 9.85. The van der Waals surface area contributed by atoms with E-state index < -0.39 is 11.7 Å². The van der Waals surface area contributed by atoms with Crippen molar-refractivity contribution in [1.29, 1.82) is 0 Å². The van der Waals surface area contributed by atoms with Gasteiger partial charge in [-0.15, -0.1) is 0 Å². The van der Waals surface area contributed by atoms with E-state index >= 15 is 0 Å². The number of hydrogen-bond acceptors (Lipinski definition) is 5. The van der Waals surface area contributed by atoms with E-state index in [9.17, 15) is 13.2 Å². The minimum absolute atomic E-state index is 0.0494. The lowest BCUT2D eigenvalue weighted by Gasteiger charge is -2.36. The van der Waals surface area contributed by atoms with Crippen molar-refractivity contribution < 1.29 is 22.6 Å². The van der Waals surface area contributed by atoms with Crippen LogP contribution in [0.2, 0.25) is 0 Å². The molecule has 0 amide bonds. The second-order valence-electron chi connectivity index (χ2n) is 9.57. The topological polar surface area (TPSA) is 37.3 Å². The highest BCUT2D eigenvalue weighted by atomic mass is 19.4. The van der Waals surface area contributed by atoms with Crippen LogP contribution in [-0.4, -0.2) is 34.0 Å². The van der Waals surface area contributed by atoms with E-state index in [0.717, 1.165) is 60.9 Å². The van der Waals surface area contributed by atoms with Crippen molar-refractivity contribution in [2.24, 2.45) is 5.10 Å². The molecule has 1 saturated carbocycles. The molecule has 5 nitrogen and oxygen atoms in total. The molecular formula is C28H30F3N3O2. The monoisotopic (exact) mass is 497 g/mol. The van der Waals surface area contributed by atoms with Crippen LogP contribution in [0.4, 0.5) is 24.5 Å². The molecule has 0 N–H and O–H groups in total. The van der Waals surface area contributed by atoms with Gasteiger partial charge in [0.2, 0.25) is 0 Å². The number of hydrogen-bond donors (Lipinski definition) is 0. The third-order valence-corrected chi connectivity index (χ3v) is 7.15. The fourth-order valence-corrected chi connectivity index (χ4v) is 5.12. The molecule has 2 aromatic carbocycles. The van der Waals surface area contributed by atoms with Crippen LogP contribution < -0.4 is 19.4 Å². The quantitative estimate of drug-likeness (QED) is 0.449. The molecule has 8 heteroatoms. The van der Waals surface area contributed by atoms with E-state index in [2.05, 4.69) is 0 Å². The van der Waals surface area contributed by atoms with E-state index in [0.29, 0.717) is 22.9 Å². The summed E-state index contributed by atoms with van der Waals surface area (Å²) in [4.78, 5) is 1.68. The molecule has 0 atom stereocenters. The van der Waals surface area contributed by atoms with Gasteiger partial charge in [0.05, 0.1) is 36.9 Å². The Morgan fingerprint density at radius 2 is 1.50 bits per heavy atom. The summed E-state index contributed by atoms with van der Waals surface area (Å²) >= 11 is 0. The smallest absolute Gasteiger partial charge is 0.418 e. The number of rotatable bonds is 5. The largest absolute Gasteiger partial charge is 0.497 e. The molecule has 3 aliphatic rings. The van der Waals surface area contributed by atoms with Crippen LogP contribution >= 0.6 is 0 Å². The Bertz CT molecular complexity index is 1260. The third-order valence-electron chi connectivity index (χ3n) is 7.15. The van der Waals surface area contributed by atoms with E-state index in [-0.39, 0.29) is 5.69 Å². The number of ether oxygens (including phenoxy) is 2. The molecular weight excluding hydrogens is 467 g/mol. The van der Waals surface area contributed by atoms with Gasteiger partial charge in [0.25, 0.3) is 0 Å². The Morgan fingerprint density at radius 3 is 2.06 bits per heavy atom. The Balaban J connectivity index is 1.75. The highest BCUT2D eigenvalue weighted by Gasteiger charge is 2.40. The molecule has 0 radical (unpaired) electrons. The maximum atomic E-state index is 14.4. The second kappa shape index (κ2) is 9.22. The Morgan fingerprint density at radius 1 is 0.861 bits per heavy atom. The summed E-state index contributed by atoms with van der Waals surface area (Å²) in [5.74, 6) is 1.21. The van der Waals surface area contributed by atoms with Crippen molar-refractivity contribution in [1.82, 2.24) is 0 Å². The first-order valence-electron chi connectivity index (χ1n) is 12.2. The highest BCUT2D eigenvalue weighted by Crippen LogP contribution is 2.48. The number of alkyl halides is 3. The van der Waals surface area contributed by atoms with Crippen molar-refractivity contribution in [2.45, 2.75) is 44.7 Å². The summed E-state index contributed by atoms with van der Waals surface area (Å²) in [5.41, 5.74) is 5.54. The van der Waals surface area contributed by atoms with Crippen molar-refractivity contribution in [3.8, 4) is 11.5 Å². The van der Waals surface area contributed by atoms with Crippen LogP contribution in [-0.2, 0) is 6.18 Å². The van der Waals surface area contributed by atoms with Crippen molar-refractivity contribution in [3.63, 3.8) is 0 Å². The van der Waals surface area contributed by atoms with Gasteiger partial charge in [0.15, 0.2) is 0 Å². The summed E-state index contributed by atoms with van der Waals surface area (Å²) < 4.78 is 54.1. The molecule has 1 fully saturated rings. The van der Waals surface area contributed by atoms with Crippen molar-refractivity contribution in [2.75, 3.05) is 38.2 Å². The number of allylic oxidation sites excluding steroid dienone is 3. The van der Waals surface area contributed by atoms with Gasteiger partial charge in [-0.05, 0) is 85.6 Å². The molecule has 0 unspecified atom stereocenters. The van der Waals surface area contributed by atoms with Gasteiger partial charge in [-0.2, -0.15) is 18.3 Å². The molecule has 1 aliphatic heterocycles. The predicted molar refractivity (Wildman–Crippen MR) is 136 cm³/mol. The normalized spacial score (nSPS) is 17.6. The van der Waals surface area contributed by atoms with E-state index in [1.54, 1.807) is 56.4 Å². The first-order chi connectivity index (χ1) is 17.2. The summed E-state index contributed by atoms with van der Waals surface area (Å²) in [5, 5.41) is 6.52. The third kappa shape index (κ3) is 4.22. The van der Waals surface area contributed by atoms with Gasteiger partial charge >= 0.3 is 6.18 Å². The van der Waals surface area contributed by atoms with Crippen LogP contribution in [0.15, 0.2) is 63.9 Å². The number of benzene rings is 2. The maximum absolute atomic E-state index is 14.4. The van der Waals surface area contributed by atoms with Crippen LogP contribution in [0.3, 0.4) is 0 Å². The second-order valence-corrected chi connectivity index (χ2v) is 9.57. The Hall–Kier alpha value is -3.42. The predicted octanol–water partition coefficient (Wildman–Crippen LogP) is 6.93. The van der Waals surface area contributed by atoms with Gasteiger partial charge in [0, 0.05) is 31.4 Å². The zero-order valence-electron chi connectivity index (χ0n) is 21.0. The van der Waals surface area contributed by atoms with Gasteiger partial charge in [-0.25, -0.2) is 5.01 Å².